The van der Waals surface area contributed by atoms with Gasteiger partial charge in [0.2, 0.25) is 5.91 Å². The molecule has 1 fully saturated rings. The van der Waals surface area contributed by atoms with Crippen LogP contribution in [0.3, 0.4) is 0 Å². The molecule has 0 aromatic heterocycles. The molecular formula is C30H31Cl2FN2O3. The first-order valence-corrected chi connectivity index (χ1v) is 13.6. The standard InChI is InChI=1S/C30H31Cl2FN2O3/c31-24-14-9-15-25(32)23(24)19-35(29(36)20-38-28-17-8-7-16-26(28)33)27(18-21-10-3-1-4-11-21)30(37)34-22-12-5-2-6-13-22/h1,3-4,7-11,14-17,22,27H,2,5-6,12-13,18-20H2,(H,34,37). The van der Waals surface area contributed by atoms with E-state index in [9.17, 15) is 14.0 Å². The number of halogens is 3. The predicted molar refractivity (Wildman–Crippen MR) is 148 cm³/mol. The number of ether oxygens (including phenoxy) is 1. The van der Waals surface area contributed by atoms with Crippen molar-refractivity contribution in [2.24, 2.45) is 0 Å². The number of nitrogens with zero attached hydrogens (tertiary/aromatic N) is 1. The van der Waals surface area contributed by atoms with Crippen LogP contribution in [0.4, 0.5) is 4.39 Å². The first-order chi connectivity index (χ1) is 18.4. The van der Waals surface area contributed by atoms with Crippen molar-refractivity contribution in [3.05, 3.63) is 99.8 Å². The molecule has 1 N–H and O–H groups in total. The molecule has 5 nitrogen and oxygen atoms in total. The second kappa shape index (κ2) is 13.6. The number of amides is 2. The summed E-state index contributed by atoms with van der Waals surface area (Å²) in [5.41, 5.74) is 1.42. The number of carbonyl (C=O) groups is 2. The van der Waals surface area contributed by atoms with E-state index < -0.39 is 24.4 Å². The maximum Gasteiger partial charge on any atom is 0.261 e. The van der Waals surface area contributed by atoms with Gasteiger partial charge in [-0.1, -0.05) is 91.0 Å². The second-order valence-electron chi connectivity index (χ2n) is 9.49. The molecule has 1 saturated carbocycles. The molecule has 0 radical (unpaired) electrons. The van der Waals surface area contributed by atoms with Crippen LogP contribution in [-0.4, -0.2) is 35.4 Å². The van der Waals surface area contributed by atoms with Crippen molar-refractivity contribution in [3.63, 3.8) is 0 Å². The molecule has 3 aromatic carbocycles. The summed E-state index contributed by atoms with van der Waals surface area (Å²) >= 11 is 12.9. The summed E-state index contributed by atoms with van der Waals surface area (Å²) in [4.78, 5) is 28.9. The monoisotopic (exact) mass is 556 g/mol. The van der Waals surface area contributed by atoms with E-state index in [1.54, 1.807) is 30.3 Å². The van der Waals surface area contributed by atoms with Gasteiger partial charge in [0, 0.05) is 34.6 Å². The minimum absolute atomic E-state index is 0.00639. The van der Waals surface area contributed by atoms with Crippen molar-refractivity contribution in [3.8, 4) is 5.75 Å². The minimum atomic E-state index is -0.858. The van der Waals surface area contributed by atoms with Gasteiger partial charge < -0.3 is 15.0 Å². The molecule has 0 spiro atoms. The van der Waals surface area contributed by atoms with Crippen LogP contribution in [0, 0.1) is 5.82 Å². The Hall–Kier alpha value is -3.09. The molecule has 38 heavy (non-hydrogen) atoms. The normalized spacial score (nSPS) is 14.5. The van der Waals surface area contributed by atoms with Gasteiger partial charge in [-0.15, -0.1) is 0 Å². The SMILES string of the molecule is O=C(NC1CCCCC1)C(Cc1ccccc1)N(Cc1c(Cl)cccc1Cl)C(=O)COc1ccccc1F. The molecule has 200 valence electrons. The largest absolute Gasteiger partial charge is 0.481 e. The fourth-order valence-corrected chi connectivity index (χ4v) is 5.25. The first kappa shape index (κ1) is 27.9. The highest BCUT2D eigenvalue weighted by molar-refractivity contribution is 6.36. The molecule has 1 atom stereocenters. The Morgan fingerprint density at radius 1 is 0.921 bits per heavy atom. The Morgan fingerprint density at radius 3 is 2.26 bits per heavy atom. The Morgan fingerprint density at radius 2 is 1.58 bits per heavy atom. The third kappa shape index (κ3) is 7.49. The summed E-state index contributed by atoms with van der Waals surface area (Å²) in [6.07, 6.45) is 5.37. The van der Waals surface area contributed by atoms with Crippen LogP contribution in [0.15, 0.2) is 72.8 Å². The second-order valence-corrected chi connectivity index (χ2v) is 10.3. The average molecular weight is 557 g/mol. The zero-order valence-corrected chi connectivity index (χ0v) is 22.6. The van der Waals surface area contributed by atoms with E-state index in [-0.39, 0.29) is 30.7 Å². The Kier molecular flexibility index (Phi) is 10.0. The first-order valence-electron chi connectivity index (χ1n) is 12.9. The number of rotatable bonds is 10. The van der Waals surface area contributed by atoms with Crippen LogP contribution >= 0.6 is 23.2 Å². The van der Waals surface area contributed by atoms with Gasteiger partial charge in [0.25, 0.3) is 5.91 Å². The van der Waals surface area contributed by atoms with E-state index >= 15 is 0 Å². The fraction of sp³-hybridized carbons (Fsp3) is 0.333. The Balaban J connectivity index is 1.65. The maximum atomic E-state index is 14.2. The molecule has 0 saturated heterocycles. The number of hydrogen-bond acceptors (Lipinski definition) is 3. The van der Waals surface area contributed by atoms with Crippen LogP contribution in [0.5, 0.6) is 5.75 Å². The lowest BCUT2D eigenvalue weighted by molar-refractivity contribution is -0.143. The molecule has 0 heterocycles. The van der Waals surface area contributed by atoms with Gasteiger partial charge in [-0.2, -0.15) is 0 Å². The molecule has 8 heteroatoms. The fourth-order valence-electron chi connectivity index (χ4n) is 4.74. The lowest BCUT2D eigenvalue weighted by Crippen LogP contribution is -2.53. The van der Waals surface area contributed by atoms with Gasteiger partial charge >= 0.3 is 0 Å². The number of benzene rings is 3. The highest BCUT2D eigenvalue weighted by Gasteiger charge is 2.33. The molecule has 1 aliphatic carbocycles. The summed E-state index contributed by atoms with van der Waals surface area (Å²) in [7, 11) is 0. The van der Waals surface area contributed by atoms with E-state index in [4.69, 9.17) is 27.9 Å². The van der Waals surface area contributed by atoms with Crippen molar-refractivity contribution in [2.45, 2.75) is 57.2 Å². The number of para-hydroxylation sites is 1. The summed E-state index contributed by atoms with van der Waals surface area (Å²) in [6.45, 7) is -0.460. The third-order valence-electron chi connectivity index (χ3n) is 6.80. The van der Waals surface area contributed by atoms with Crippen molar-refractivity contribution >= 4 is 35.0 Å². The highest BCUT2D eigenvalue weighted by atomic mass is 35.5. The summed E-state index contributed by atoms with van der Waals surface area (Å²) in [6, 6.07) is 19.7. The maximum absolute atomic E-state index is 14.2. The van der Waals surface area contributed by atoms with Gasteiger partial charge in [0.15, 0.2) is 18.2 Å². The Bertz CT molecular complexity index is 1210. The van der Waals surface area contributed by atoms with Crippen LogP contribution in [-0.2, 0) is 22.6 Å². The lowest BCUT2D eigenvalue weighted by Gasteiger charge is -2.33. The molecule has 1 unspecified atom stereocenters. The Labute approximate surface area is 232 Å². The summed E-state index contributed by atoms with van der Waals surface area (Å²) in [5, 5.41) is 3.94. The average Bonchev–Trinajstić information content (AvgIpc) is 2.92. The molecule has 2 amide bonds. The number of hydrogen-bond donors (Lipinski definition) is 1. The van der Waals surface area contributed by atoms with Crippen LogP contribution in [0.25, 0.3) is 0 Å². The van der Waals surface area contributed by atoms with E-state index in [0.29, 0.717) is 15.6 Å². The topological polar surface area (TPSA) is 58.6 Å². The van der Waals surface area contributed by atoms with Crippen LogP contribution in [0.1, 0.15) is 43.2 Å². The third-order valence-corrected chi connectivity index (χ3v) is 7.51. The molecule has 3 aromatic rings. The van der Waals surface area contributed by atoms with Crippen molar-refractivity contribution in [2.75, 3.05) is 6.61 Å². The van der Waals surface area contributed by atoms with Crippen LogP contribution in [0.2, 0.25) is 10.0 Å². The van der Waals surface area contributed by atoms with E-state index in [1.165, 1.54) is 17.0 Å². The van der Waals surface area contributed by atoms with Crippen LogP contribution < -0.4 is 10.1 Å². The van der Waals surface area contributed by atoms with E-state index in [1.807, 2.05) is 30.3 Å². The van der Waals surface area contributed by atoms with Gasteiger partial charge in [-0.3, -0.25) is 9.59 Å². The van der Waals surface area contributed by atoms with Gasteiger partial charge in [-0.25, -0.2) is 4.39 Å². The minimum Gasteiger partial charge on any atom is -0.481 e. The quantitative estimate of drug-likeness (QED) is 0.306. The zero-order valence-electron chi connectivity index (χ0n) is 21.0. The zero-order chi connectivity index (χ0) is 26.9. The van der Waals surface area contributed by atoms with Gasteiger partial charge in [-0.05, 0) is 42.7 Å². The summed E-state index contributed by atoms with van der Waals surface area (Å²) in [5.74, 6) is -1.34. The summed E-state index contributed by atoms with van der Waals surface area (Å²) < 4.78 is 19.7. The highest BCUT2D eigenvalue weighted by Crippen LogP contribution is 2.28. The molecule has 0 bridgehead atoms. The molecule has 4 rings (SSSR count). The van der Waals surface area contributed by atoms with Gasteiger partial charge in [0.05, 0.1) is 0 Å². The molecule has 1 aliphatic rings. The number of carbonyl (C=O) groups excluding carboxylic acids is 2. The smallest absolute Gasteiger partial charge is 0.261 e. The molecular weight excluding hydrogens is 526 g/mol. The van der Waals surface area contributed by atoms with Gasteiger partial charge in [0.1, 0.15) is 6.04 Å². The van der Waals surface area contributed by atoms with Crippen molar-refractivity contribution < 1.29 is 18.7 Å². The van der Waals surface area contributed by atoms with Crippen molar-refractivity contribution in [1.29, 1.82) is 0 Å². The molecule has 0 aliphatic heterocycles. The number of nitrogens with one attached hydrogen (secondary N) is 1. The van der Waals surface area contributed by atoms with E-state index in [2.05, 4.69) is 5.32 Å². The van der Waals surface area contributed by atoms with E-state index in [0.717, 1.165) is 37.7 Å². The lowest BCUT2D eigenvalue weighted by atomic mass is 9.94. The predicted octanol–water partition coefficient (Wildman–Crippen LogP) is 6.60. The van der Waals surface area contributed by atoms with Crippen molar-refractivity contribution in [1.82, 2.24) is 10.2 Å².